The first-order chi connectivity index (χ1) is 7.24. The Bertz CT molecular complexity index is 499. The van der Waals surface area contributed by atoms with Crippen LogP contribution in [-0.4, -0.2) is 4.57 Å². The fraction of sp³-hybridized carbons (Fsp3) is 0.0833. The van der Waals surface area contributed by atoms with E-state index in [0.717, 1.165) is 11.0 Å². The lowest BCUT2D eigenvalue weighted by Gasteiger charge is -2.05. The van der Waals surface area contributed by atoms with Crippen LogP contribution in [0.1, 0.15) is 5.56 Å². The van der Waals surface area contributed by atoms with E-state index in [2.05, 4.69) is 28.1 Å². The van der Waals surface area contributed by atoms with E-state index in [4.69, 9.17) is 0 Å². The van der Waals surface area contributed by atoms with E-state index in [1.165, 1.54) is 5.56 Å². The van der Waals surface area contributed by atoms with E-state index in [1.807, 2.05) is 16.7 Å². The maximum absolute atomic E-state index is 10.9. The normalized spacial score (nSPS) is 10.2. The van der Waals surface area contributed by atoms with Gasteiger partial charge in [0.1, 0.15) is 0 Å². The van der Waals surface area contributed by atoms with Gasteiger partial charge in [-0.2, -0.15) is 0 Å². The lowest BCUT2D eigenvalue weighted by molar-refractivity contribution is 0.788. The molecule has 2 rings (SSSR count). The summed E-state index contributed by atoms with van der Waals surface area (Å²) >= 11 is 3.43. The van der Waals surface area contributed by atoms with Crippen molar-refractivity contribution in [3.05, 3.63) is 69.1 Å². The average molecular weight is 264 g/mol. The smallest absolute Gasteiger partial charge is 0.181 e. The van der Waals surface area contributed by atoms with Crippen molar-refractivity contribution in [2.45, 2.75) is 6.54 Å². The van der Waals surface area contributed by atoms with Gasteiger partial charge in [-0.1, -0.05) is 28.1 Å². The van der Waals surface area contributed by atoms with Gasteiger partial charge in [-0.15, -0.1) is 0 Å². The first kappa shape index (κ1) is 10.2. The van der Waals surface area contributed by atoms with Crippen LogP contribution in [0.2, 0.25) is 0 Å². The zero-order chi connectivity index (χ0) is 10.7. The number of rotatable bonds is 2. The van der Waals surface area contributed by atoms with Crippen molar-refractivity contribution in [3.8, 4) is 0 Å². The van der Waals surface area contributed by atoms with Crippen LogP contribution in [0.15, 0.2) is 58.1 Å². The Morgan fingerprint density at radius 3 is 2.53 bits per heavy atom. The summed E-state index contributed by atoms with van der Waals surface area (Å²) in [6.07, 6.45) is 3.59. The molecule has 0 aliphatic carbocycles. The molecule has 3 heteroatoms. The summed E-state index contributed by atoms with van der Waals surface area (Å²) < 4.78 is 3.05. The molecule has 0 bridgehead atoms. The minimum atomic E-state index is 0.0421. The zero-order valence-electron chi connectivity index (χ0n) is 8.06. The Hall–Kier alpha value is -1.35. The first-order valence-electron chi connectivity index (χ1n) is 4.64. The van der Waals surface area contributed by atoms with Gasteiger partial charge in [0.05, 0.1) is 0 Å². The van der Waals surface area contributed by atoms with Crippen LogP contribution >= 0.6 is 15.9 Å². The van der Waals surface area contributed by atoms with Crippen molar-refractivity contribution >= 4 is 15.9 Å². The first-order valence-corrected chi connectivity index (χ1v) is 5.44. The third kappa shape index (κ3) is 2.80. The van der Waals surface area contributed by atoms with Gasteiger partial charge in [-0.25, -0.2) is 0 Å². The molecule has 0 saturated heterocycles. The van der Waals surface area contributed by atoms with Crippen molar-refractivity contribution in [3.63, 3.8) is 0 Å². The van der Waals surface area contributed by atoms with Crippen LogP contribution < -0.4 is 5.43 Å². The van der Waals surface area contributed by atoms with Gasteiger partial charge >= 0.3 is 0 Å². The third-order valence-corrected chi connectivity index (χ3v) is 2.61. The molecule has 0 spiro atoms. The van der Waals surface area contributed by atoms with Gasteiger partial charge < -0.3 is 4.57 Å². The molecule has 1 heterocycles. The number of hydrogen-bond donors (Lipinski definition) is 0. The SMILES string of the molecule is O=c1ccn(Cc2cccc(Br)c2)cc1. The highest BCUT2D eigenvalue weighted by Crippen LogP contribution is 2.12. The minimum absolute atomic E-state index is 0.0421. The molecule has 0 fully saturated rings. The molecule has 0 aliphatic rings. The van der Waals surface area contributed by atoms with E-state index in [0.29, 0.717) is 0 Å². The van der Waals surface area contributed by atoms with Gasteiger partial charge in [-0.3, -0.25) is 4.79 Å². The summed E-state index contributed by atoms with van der Waals surface area (Å²) in [4.78, 5) is 10.9. The molecule has 2 nitrogen and oxygen atoms in total. The fourth-order valence-electron chi connectivity index (χ4n) is 1.40. The van der Waals surface area contributed by atoms with Crippen molar-refractivity contribution < 1.29 is 0 Å². The lowest BCUT2D eigenvalue weighted by atomic mass is 10.2. The molecular formula is C12H10BrNO. The molecule has 0 N–H and O–H groups in total. The standard InChI is InChI=1S/C12H10BrNO/c13-11-3-1-2-10(8-11)9-14-6-4-12(15)5-7-14/h1-8H,9H2. The summed E-state index contributed by atoms with van der Waals surface area (Å²) in [5, 5.41) is 0. The van der Waals surface area contributed by atoms with E-state index in [-0.39, 0.29) is 5.43 Å². The molecule has 2 aromatic rings. The Balaban J connectivity index is 2.22. The average Bonchev–Trinajstić information content (AvgIpc) is 2.22. The van der Waals surface area contributed by atoms with Crippen LogP contribution in [-0.2, 0) is 6.54 Å². The van der Waals surface area contributed by atoms with Crippen LogP contribution in [0.4, 0.5) is 0 Å². The van der Waals surface area contributed by atoms with E-state index in [9.17, 15) is 4.79 Å². The molecule has 1 aromatic heterocycles. The van der Waals surface area contributed by atoms with Gasteiger partial charge in [0.2, 0.25) is 0 Å². The molecule has 1 aromatic carbocycles. The Kier molecular flexibility index (Phi) is 3.02. The molecule has 15 heavy (non-hydrogen) atoms. The van der Waals surface area contributed by atoms with Crippen molar-refractivity contribution in [1.82, 2.24) is 4.57 Å². The van der Waals surface area contributed by atoms with E-state index < -0.39 is 0 Å². The highest BCUT2D eigenvalue weighted by Gasteiger charge is 1.94. The summed E-state index contributed by atoms with van der Waals surface area (Å²) in [6, 6.07) is 11.3. The fourth-order valence-corrected chi connectivity index (χ4v) is 1.84. The molecular weight excluding hydrogens is 254 g/mol. The predicted octanol–water partition coefficient (Wildman–Crippen LogP) is 2.66. The molecule has 0 amide bonds. The van der Waals surface area contributed by atoms with Crippen molar-refractivity contribution in [2.24, 2.45) is 0 Å². The minimum Gasteiger partial charge on any atom is -0.350 e. The summed E-state index contributed by atoms with van der Waals surface area (Å²) in [7, 11) is 0. The third-order valence-electron chi connectivity index (χ3n) is 2.11. The largest absolute Gasteiger partial charge is 0.350 e. The summed E-state index contributed by atoms with van der Waals surface area (Å²) in [6.45, 7) is 0.777. The molecule has 0 saturated carbocycles. The van der Waals surface area contributed by atoms with Gasteiger partial charge in [0, 0.05) is 35.5 Å². The Morgan fingerprint density at radius 1 is 1.13 bits per heavy atom. The monoisotopic (exact) mass is 263 g/mol. The highest BCUT2D eigenvalue weighted by molar-refractivity contribution is 9.10. The maximum Gasteiger partial charge on any atom is 0.181 e. The number of pyridine rings is 1. The predicted molar refractivity (Wildman–Crippen MR) is 63.9 cm³/mol. The van der Waals surface area contributed by atoms with Gasteiger partial charge in [0.15, 0.2) is 5.43 Å². The second-order valence-corrected chi connectivity index (χ2v) is 4.25. The Morgan fingerprint density at radius 2 is 1.87 bits per heavy atom. The second-order valence-electron chi connectivity index (χ2n) is 3.34. The molecule has 0 unspecified atom stereocenters. The van der Waals surface area contributed by atoms with Gasteiger partial charge in [-0.05, 0) is 17.7 Å². The van der Waals surface area contributed by atoms with Gasteiger partial charge in [0.25, 0.3) is 0 Å². The second kappa shape index (κ2) is 4.45. The summed E-state index contributed by atoms with van der Waals surface area (Å²) in [5.41, 5.74) is 1.24. The number of benzene rings is 1. The molecule has 76 valence electrons. The van der Waals surface area contributed by atoms with Crippen LogP contribution in [0, 0.1) is 0 Å². The van der Waals surface area contributed by atoms with Crippen LogP contribution in [0.25, 0.3) is 0 Å². The van der Waals surface area contributed by atoms with E-state index >= 15 is 0 Å². The molecule has 0 atom stereocenters. The molecule has 0 aliphatic heterocycles. The Labute approximate surface area is 96.3 Å². The molecule has 0 radical (unpaired) electrons. The maximum atomic E-state index is 10.9. The zero-order valence-corrected chi connectivity index (χ0v) is 9.65. The topological polar surface area (TPSA) is 22.0 Å². The quantitative estimate of drug-likeness (QED) is 0.817. The van der Waals surface area contributed by atoms with Crippen molar-refractivity contribution in [1.29, 1.82) is 0 Å². The lowest BCUT2D eigenvalue weighted by Crippen LogP contribution is -2.04. The summed E-state index contributed by atoms with van der Waals surface area (Å²) in [5.74, 6) is 0. The van der Waals surface area contributed by atoms with E-state index in [1.54, 1.807) is 24.5 Å². The highest BCUT2D eigenvalue weighted by atomic mass is 79.9. The number of aromatic nitrogens is 1. The van der Waals surface area contributed by atoms with Crippen LogP contribution in [0.5, 0.6) is 0 Å². The van der Waals surface area contributed by atoms with Crippen molar-refractivity contribution in [2.75, 3.05) is 0 Å². The number of hydrogen-bond acceptors (Lipinski definition) is 1. The number of nitrogens with zero attached hydrogens (tertiary/aromatic N) is 1. The van der Waals surface area contributed by atoms with Crippen LogP contribution in [0.3, 0.4) is 0 Å². The number of halogens is 1.